The van der Waals surface area contributed by atoms with Gasteiger partial charge in [0, 0.05) is 52.8 Å². The lowest BCUT2D eigenvalue weighted by Gasteiger charge is -2.22. The molecule has 1 aromatic heterocycles. The van der Waals surface area contributed by atoms with Crippen LogP contribution >= 0.6 is 11.6 Å². The highest BCUT2D eigenvalue weighted by atomic mass is 35.5. The molecule has 1 aliphatic heterocycles. The first-order valence-electron chi connectivity index (χ1n) is 11.0. The Morgan fingerprint density at radius 2 is 1.69 bits per heavy atom. The molecule has 0 aliphatic carbocycles. The van der Waals surface area contributed by atoms with Crippen LogP contribution in [0.15, 0.2) is 79.0 Å². The number of hydrogen-bond acceptors (Lipinski definition) is 4. The molecule has 0 saturated carbocycles. The molecule has 1 atom stereocenters. The molecule has 3 aromatic carbocycles. The highest BCUT2D eigenvalue weighted by Gasteiger charge is 2.23. The molecule has 1 saturated heterocycles. The fourth-order valence-corrected chi connectivity index (χ4v) is 4.51. The monoisotopic (exact) mass is 442 g/mol. The Bertz CT molecular complexity index is 1220. The quantitative estimate of drug-likeness (QED) is 0.385. The number of pyridine rings is 1. The number of aromatic nitrogens is 1. The number of hydrogen-bond donors (Lipinski definition) is 1. The number of rotatable bonds is 5. The third-order valence-electron chi connectivity index (χ3n) is 6.32. The smallest absolute Gasteiger partial charge is 0.0723 e. The zero-order chi connectivity index (χ0) is 22.1. The molecule has 0 radical (unpaired) electrons. The second-order valence-electron chi connectivity index (χ2n) is 8.62. The van der Waals surface area contributed by atoms with Crippen LogP contribution in [0.2, 0.25) is 5.02 Å². The molecular formula is C27H27ClN4. The maximum absolute atomic E-state index is 6.06. The molecule has 1 unspecified atom stereocenters. The van der Waals surface area contributed by atoms with Gasteiger partial charge in [0.05, 0.1) is 5.52 Å². The van der Waals surface area contributed by atoms with Crippen LogP contribution in [0.25, 0.3) is 22.0 Å². The molecule has 4 aromatic rings. The minimum atomic E-state index is 0.630. The minimum absolute atomic E-state index is 0.630. The first kappa shape index (κ1) is 20.8. The van der Waals surface area contributed by atoms with Crippen LogP contribution in [-0.4, -0.2) is 43.1 Å². The van der Waals surface area contributed by atoms with Gasteiger partial charge in [0.15, 0.2) is 0 Å². The summed E-state index contributed by atoms with van der Waals surface area (Å²) in [6.07, 6.45) is 3.07. The number of likely N-dealkylation sites (N-methyl/N-ethyl adjacent to an activating group) is 1. The van der Waals surface area contributed by atoms with Gasteiger partial charge in [-0.15, -0.1) is 0 Å². The summed E-state index contributed by atoms with van der Waals surface area (Å²) >= 11 is 6.06. The Morgan fingerprint density at radius 1 is 0.938 bits per heavy atom. The summed E-state index contributed by atoms with van der Waals surface area (Å²) in [4.78, 5) is 9.34. The number of anilines is 3. The Labute approximate surface area is 194 Å². The van der Waals surface area contributed by atoms with Gasteiger partial charge >= 0.3 is 0 Å². The molecule has 4 nitrogen and oxygen atoms in total. The van der Waals surface area contributed by atoms with Crippen LogP contribution in [-0.2, 0) is 0 Å². The zero-order valence-corrected chi connectivity index (χ0v) is 19.2. The lowest BCUT2D eigenvalue weighted by atomic mass is 10.0. The van der Waals surface area contributed by atoms with E-state index in [0.29, 0.717) is 6.04 Å². The molecule has 2 heterocycles. The number of nitrogens with zero attached hydrogens (tertiary/aromatic N) is 3. The van der Waals surface area contributed by atoms with E-state index in [1.165, 1.54) is 12.1 Å². The Morgan fingerprint density at radius 3 is 2.41 bits per heavy atom. The molecule has 1 aliphatic rings. The maximum Gasteiger partial charge on any atom is 0.0723 e. The van der Waals surface area contributed by atoms with E-state index in [2.05, 4.69) is 76.7 Å². The Kier molecular flexibility index (Phi) is 5.73. The van der Waals surface area contributed by atoms with Gasteiger partial charge in [-0.1, -0.05) is 29.8 Å². The van der Waals surface area contributed by atoms with Gasteiger partial charge in [-0.25, -0.2) is 0 Å². The molecule has 162 valence electrons. The van der Waals surface area contributed by atoms with Crippen molar-refractivity contribution in [2.45, 2.75) is 12.5 Å². The van der Waals surface area contributed by atoms with Gasteiger partial charge in [-0.2, -0.15) is 0 Å². The van der Waals surface area contributed by atoms with E-state index in [4.69, 9.17) is 11.6 Å². The molecule has 5 heteroatoms. The number of halogens is 1. The Hall–Kier alpha value is -3.08. The van der Waals surface area contributed by atoms with Gasteiger partial charge in [0.2, 0.25) is 0 Å². The standard InChI is InChI=1S/C27H27ClN4/c1-31(2)24-14-16-32(18-24)23-10-8-22(9-11-23)30-27-13-15-29-26-12-5-20(17-25(26)27)19-3-6-21(28)7-4-19/h3-13,15,17,24H,14,16,18H2,1-2H3,(H,29,30). The van der Waals surface area contributed by atoms with Crippen molar-refractivity contribution in [3.05, 3.63) is 84.0 Å². The van der Waals surface area contributed by atoms with Crippen LogP contribution in [0.4, 0.5) is 17.1 Å². The summed E-state index contributed by atoms with van der Waals surface area (Å²) in [5.74, 6) is 0. The zero-order valence-electron chi connectivity index (χ0n) is 18.4. The average molecular weight is 443 g/mol. The molecular weight excluding hydrogens is 416 g/mol. The third-order valence-corrected chi connectivity index (χ3v) is 6.58. The largest absolute Gasteiger partial charge is 0.370 e. The van der Waals surface area contributed by atoms with Gasteiger partial charge in [-0.3, -0.25) is 4.98 Å². The molecule has 32 heavy (non-hydrogen) atoms. The van der Waals surface area contributed by atoms with E-state index >= 15 is 0 Å². The summed E-state index contributed by atoms with van der Waals surface area (Å²) < 4.78 is 0. The Balaban J connectivity index is 1.39. The first-order chi connectivity index (χ1) is 15.6. The van der Waals surface area contributed by atoms with E-state index in [1.54, 1.807) is 0 Å². The summed E-state index contributed by atoms with van der Waals surface area (Å²) in [5.41, 5.74) is 6.65. The highest BCUT2D eigenvalue weighted by Crippen LogP contribution is 2.31. The third kappa shape index (κ3) is 4.29. The lowest BCUT2D eigenvalue weighted by Crippen LogP contribution is -2.31. The van der Waals surface area contributed by atoms with E-state index in [1.807, 2.05) is 36.5 Å². The molecule has 5 rings (SSSR count). The average Bonchev–Trinajstić information content (AvgIpc) is 3.31. The second-order valence-corrected chi connectivity index (χ2v) is 9.06. The van der Waals surface area contributed by atoms with Crippen LogP contribution < -0.4 is 10.2 Å². The van der Waals surface area contributed by atoms with E-state index in [0.717, 1.165) is 51.5 Å². The van der Waals surface area contributed by atoms with Gasteiger partial charge in [0.25, 0.3) is 0 Å². The van der Waals surface area contributed by atoms with Crippen molar-refractivity contribution in [2.24, 2.45) is 0 Å². The topological polar surface area (TPSA) is 31.4 Å². The van der Waals surface area contributed by atoms with Crippen molar-refractivity contribution in [2.75, 3.05) is 37.4 Å². The van der Waals surface area contributed by atoms with E-state index in [-0.39, 0.29) is 0 Å². The summed E-state index contributed by atoms with van der Waals surface area (Å²) in [6.45, 7) is 2.19. The summed E-state index contributed by atoms with van der Waals surface area (Å²) in [5, 5.41) is 5.43. The van der Waals surface area contributed by atoms with Gasteiger partial charge < -0.3 is 15.1 Å². The van der Waals surface area contributed by atoms with Crippen LogP contribution in [0.1, 0.15) is 6.42 Å². The molecule has 0 spiro atoms. The number of benzene rings is 3. The first-order valence-corrected chi connectivity index (χ1v) is 11.4. The second kappa shape index (κ2) is 8.81. The molecule has 1 N–H and O–H groups in total. The van der Waals surface area contributed by atoms with Crippen molar-refractivity contribution in [1.29, 1.82) is 0 Å². The lowest BCUT2D eigenvalue weighted by molar-refractivity contribution is 0.315. The van der Waals surface area contributed by atoms with Crippen molar-refractivity contribution < 1.29 is 0 Å². The van der Waals surface area contributed by atoms with Crippen LogP contribution in [0.5, 0.6) is 0 Å². The maximum atomic E-state index is 6.06. The van der Waals surface area contributed by atoms with Crippen LogP contribution in [0, 0.1) is 0 Å². The van der Waals surface area contributed by atoms with Crippen molar-refractivity contribution in [3.8, 4) is 11.1 Å². The summed E-state index contributed by atoms with van der Waals surface area (Å²) in [7, 11) is 4.33. The van der Waals surface area contributed by atoms with Gasteiger partial charge in [-0.05, 0) is 86.2 Å². The fraction of sp³-hybridized carbons (Fsp3) is 0.222. The normalized spacial score (nSPS) is 16.1. The summed E-state index contributed by atoms with van der Waals surface area (Å²) in [6, 6.07) is 25.7. The van der Waals surface area contributed by atoms with Crippen molar-refractivity contribution in [1.82, 2.24) is 9.88 Å². The van der Waals surface area contributed by atoms with Gasteiger partial charge in [0.1, 0.15) is 0 Å². The predicted molar refractivity (Wildman–Crippen MR) is 136 cm³/mol. The van der Waals surface area contributed by atoms with Crippen molar-refractivity contribution in [3.63, 3.8) is 0 Å². The highest BCUT2D eigenvalue weighted by molar-refractivity contribution is 6.30. The number of fused-ring (bicyclic) bond motifs is 1. The van der Waals surface area contributed by atoms with E-state index in [9.17, 15) is 0 Å². The SMILES string of the molecule is CN(C)C1CCN(c2ccc(Nc3ccnc4ccc(-c5ccc(Cl)cc5)cc34)cc2)C1. The minimum Gasteiger partial charge on any atom is -0.370 e. The predicted octanol–water partition coefficient (Wildman–Crippen LogP) is 6.44. The van der Waals surface area contributed by atoms with Crippen molar-refractivity contribution >= 4 is 39.6 Å². The number of nitrogens with one attached hydrogen (secondary N) is 1. The van der Waals surface area contributed by atoms with E-state index < -0.39 is 0 Å². The molecule has 0 amide bonds. The fourth-order valence-electron chi connectivity index (χ4n) is 4.39. The van der Waals surface area contributed by atoms with Crippen LogP contribution in [0.3, 0.4) is 0 Å². The molecule has 1 fully saturated rings. The molecule has 0 bridgehead atoms.